The van der Waals surface area contributed by atoms with Gasteiger partial charge in [-0.25, -0.2) is 0 Å². The van der Waals surface area contributed by atoms with Crippen LogP contribution in [0.2, 0.25) is 0 Å². The van der Waals surface area contributed by atoms with Gasteiger partial charge < -0.3 is 14.5 Å². The van der Waals surface area contributed by atoms with Gasteiger partial charge in [0, 0.05) is 58.4 Å². The zero-order valence-electron chi connectivity index (χ0n) is 17.3. The number of carbonyl (C=O) groups excluding carboxylic acids is 2. The van der Waals surface area contributed by atoms with E-state index < -0.39 is 0 Å². The highest BCUT2D eigenvalue weighted by atomic mass is 32.1. The van der Waals surface area contributed by atoms with Crippen LogP contribution < -0.4 is 0 Å². The maximum Gasteiger partial charge on any atom is 0.264 e. The molecule has 1 unspecified atom stereocenters. The highest BCUT2D eigenvalue weighted by Crippen LogP contribution is 2.20. The van der Waals surface area contributed by atoms with Gasteiger partial charge in [-0.15, -0.1) is 11.3 Å². The summed E-state index contributed by atoms with van der Waals surface area (Å²) in [5.74, 6) is 0.290. The zero-order chi connectivity index (χ0) is 20.2. The van der Waals surface area contributed by atoms with Crippen molar-refractivity contribution in [2.75, 3.05) is 65.5 Å². The number of thiophene rings is 1. The van der Waals surface area contributed by atoms with Crippen molar-refractivity contribution in [1.82, 2.24) is 19.6 Å². The molecule has 7 nitrogen and oxygen atoms in total. The van der Waals surface area contributed by atoms with Crippen molar-refractivity contribution in [3.8, 4) is 0 Å². The van der Waals surface area contributed by atoms with Gasteiger partial charge in [0.15, 0.2) is 0 Å². The first-order valence-corrected chi connectivity index (χ1v) is 11.7. The standard InChI is InChI=1S/C21H32N4O3S/c1-17-15-25(12-13-28-17)18-4-6-22(7-5-18)16-20(26)23-8-10-24(11-9-23)21(27)19-3-2-14-29-19/h2-3,14,17-18H,4-13,15-16H2,1H3. The maximum absolute atomic E-state index is 12.8. The van der Waals surface area contributed by atoms with Crippen LogP contribution in [0.4, 0.5) is 0 Å². The topological polar surface area (TPSA) is 56.3 Å². The molecule has 0 aliphatic carbocycles. The van der Waals surface area contributed by atoms with Gasteiger partial charge in [-0.2, -0.15) is 0 Å². The summed E-state index contributed by atoms with van der Waals surface area (Å²) in [4.78, 5) is 34.6. The molecule has 3 aliphatic rings. The van der Waals surface area contributed by atoms with E-state index in [0.29, 0.717) is 44.9 Å². The van der Waals surface area contributed by atoms with E-state index in [-0.39, 0.29) is 11.8 Å². The predicted molar refractivity (Wildman–Crippen MR) is 113 cm³/mol. The third kappa shape index (κ3) is 5.17. The molecule has 4 rings (SSSR count). The second-order valence-corrected chi connectivity index (χ2v) is 9.28. The van der Waals surface area contributed by atoms with Crippen LogP contribution in [0.1, 0.15) is 29.4 Å². The van der Waals surface area contributed by atoms with Crippen LogP contribution in [0.15, 0.2) is 17.5 Å². The summed E-state index contributed by atoms with van der Waals surface area (Å²) in [7, 11) is 0. The average molecular weight is 421 g/mol. The second-order valence-electron chi connectivity index (χ2n) is 8.33. The van der Waals surface area contributed by atoms with E-state index in [1.54, 1.807) is 0 Å². The Morgan fingerprint density at radius 2 is 1.79 bits per heavy atom. The van der Waals surface area contributed by atoms with Gasteiger partial charge in [0.05, 0.1) is 24.1 Å². The minimum atomic E-state index is 0.0894. The first-order valence-electron chi connectivity index (χ1n) is 10.8. The van der Waals surface area contributed by atoms with Crippen LogP contribution in [0.3, 0.4) is 0 Å². The van der Waals surface area contributed by atoms with Crippen molar-refractivity contribution in [3.63, 3.8) is 0 Å². The smallest absolute Gasteiger partial charge is 0.264 e. The molecule has 0 bridgehead atoms. The fourth-order valence-corrected chi connectivity index (χ4v) is 5.32. The van der Waals surface area contributed by atoms with Crippen molar-refractivity contribution in [2.24, 2.45) is 0 Å². The van der Waals surface area contributed by atoms with Gasteiger partial charge in [0.1, 0.15) is 0 Å². The summed E-state index contributed by atoms with van der Waals surface area (Å²) in [5.41, 5.74) is 0. The van der Waals surface area contributed by atoms with Crippen molar-refractivity contribution < 1.29 is 14.3 Å². The predicted octanol–water partition coefficient (Wildman–Crippen LogP) is 1.22. The number of carbonyl (C=O) groups is 2. The summed E-state index contributed by atoms with van der Waals surface area (Å²) in [6.45, 7) is 10.0. The van der Waals surface area contributed by atoms with Gasteiger partial charge in [-0.1, -0.05) is 6.07 Å². The molecule has 8 heteroatoms. The number of piperidine rings is 1. The fourth-order valence-electron chi connectivity index (χ4n) is 4.63. The Kier molecular flexibility index (Phi) is 6.85. The molecule has 3 fully saturated rings. The van der Waals surface area contributed by atoms with Crippen molar-refractivity contribution in [2.45, 2.75) is 31.9 Å². The normalized spacial score (nSPS) is 25.3. The highest BCUT2D eigenvalue weighted by Gasteiger charge is 2.30. The third-order valence-corrected chi connectivity index (χ3v) is 7.21. The molecule has 2 amide bonds. The molecule has 0 saturated carbocycles. The van der Waals surface area contributed by atoms with Crippen LogP contribution >= 0.6 is 11.3 Å². The third-order valence-electron chi connectivity index (χ3n) is 6.36. The van der Waals surface area contributed by atoms with Crippen molar-refractivity contribution in [3.05, 3.63) is 22.4 Å². The molecule has 3 aliphatic heterocycles. The number of nitrogens with zero attached hydrogens (tertiary/aromatic N) is 4. The maximum atomic E-state index is 12.8. The molecule has 1 aromatic rings. The number of hydrogen-bond donors (Lipinski definition) is 0. The SMILES string of the molecule is CC1CN(C2CCN(CC(=O)N3CCN(C(=O)c4cccs4)CC3)CC2)CCO1. The molecule has 3 saturated heterocycles. The van der Waals surface area contributed by atoms with Crippen LogP contribution in [-0.2, 0) is 9.53 Å². The molecule has 0 aromatic carbocycles. The number of ether oxygens (including phenoxy) is 1. The van der Waals surface area contributed by atoms with Gasteiger partial charge in [0.2, 0.25) is 5.91 Å². The molecule has 1 atom stereocenters. The van der Waals surface area contributed by atoms with E-state index in [1.165, 1.54) is 11.3 Å². The Balaban J connectivity index is 1.18. The number of piperazine rings is 1. The Hall–Kier alpha value is -1.48. The van der Waals surface area contributed by atoms with Gasteiger partial charge in [0.25, 0.3) is 5.91 Å². The molecule has 0 spiro atoms. The minimum absolute atomic E-state index is 0.0894. The molecular weight excluding hydrogens is 388 g/mol. The molecule has 160 valence electrons. The molecule has 29 heavy (non-hydrogen) atoms. The summed E-state index contributed by atoms with van der Waals surface area (Å²) in [6.07, 6.45) is 2.58. The highest BCUT2D eigenvalue weighted by molar-refractivity contribution is 7.12. The van der Waals surface area contributed by atoms with Gasteiger partial charge >= 0.3 is 0 Å². The average Bonchev–Trinajstić information content (AvgIpc) is 3.29. The number of rotatable bonds is 4. The van der Waals surface area contributed by atoms with E-state index >= 15 is 0 Å². The number of likely N-dealkylation sites (tertiary alicyclic amines) is 1. The second kappa shape index (κ2) is 9.55. The Bertz CT molecular complexity index is 682. The number of morpholine rings is 1. The lowest BCUT2D eigenvalue weighted by molar-refractivity contribution is -0.134. The Labute approximate surface area is 177 Å². The summed E-state index contributed by atoms with van der Waals surface area (Å²) < 4.78 is 5.66. The lowest BCUT2D eigenvalue weighted by Gasteiger charge is -2.42. The molecule has 1 aromatic heterocycles. The summed E-state index contributed by atoms with van der Waals surface area (Å²) >= 11 is 1.48. The molecule has 0 radical (unpaired) electrons. The summed E-state index contributed by atoms with van der Waals surface area (Å²) in [5, 5.41) is 1.93. The molecule has 0 N–H and O–H groups in total. The lowest BCUT2D eigenvalue weighted by Crippen LogP contribution is -2.54. The zero-order valence-corrected chi connectivity index (χ0v) is 18.1. The van der Waals surface area contributed by atoms with Gasteiger partial charge in [-0.3, -0.25) is 19.4 Å². The van der Waals surface area contributed by atoms with Gasteiger partial charge in [-0.05, 0) is 31.2 Å². The minimum Gasteiger partial charge on any atom is -0.376 e. The molecular formula is C21H32N4O3S. The first kappa shape index (κ1) is 20.8. The molecule has 4 heterocycles. The monoisotopic (exact) mass is 420 g/mol. The van der Waals surface area contributed by atoms with Crippen molar-refractivity contribution in [1.29, 1.82) is 0 Å². The van der Waals surface area contributed by atoms with Crippen LogP contribution in [0.5, 0.6) is 0 Å². The van der Waals surface area contributed by atoms with Crippen LogP contribution in [0, 0.1) is 0 Å². The van der Waals surface area contributed by atoms with E-state index in [0.717, 1.165) is 50.5 Å². The Morgan fingerprint density at radius 1 is 1.07 bits per heavy atom. The van der Waals surface area contributed by atoms with E-state index in [2.05, 4.69) is 16.7 Å². The largest absolute Gasteiger partial charge is 0.376 e. The van der Waals surface area contributed by atoms with E-state index in [1.807, 2.05) is 27.3 Å². The van der Waals surface area contributed by atoms with E-state index in [4.69, 9.17) is 4.74 Å². The first-order chi connectivity index (χ1) is 14.1. The lowest BCUT2D eigenvalue weighted by atomic mass is 10.0. The quantitative estimate of drug-likeness (QED) is 0.733. The summed E-state index contributed by atoms with van der Waals surface area (Å²) in [6, 6.07) is 4.39. The van der Waals surface area contributed by atoms with Crippen LogP contribution in [0.25, 0.3) is 0 Å². The number of hydrogen-bond acceptors (Lipinski definition) is 6. The number of amides is 2. The Morgan fingerprint density at radius 3 is 2.45 bits per heavy atom. The van der Waals surface area contributed by atoms with Crippen molar-refractivity contribution >= 4 is 23.2 Å². The fraction of sp³-hybridized carbons (Fsp3) is 0.714. The van der Waals surface area contributed by atoms with E-state index in [9.17, 15) is 9.59 Å². The van der Waals surface area contributed by atoms with Crippen LogP contribution in [-0.4, -0.2) is 109 Å².